The lowest BCUT2D eigenvalue weighted by molar-refractivity contribution is -0.204. The summed E-state index contributed by atoms with van der Waals surface area (Å²) >= 11 is 0. The highest BCUT2D eigenvalue weighted by atomic mass is 16.6. The SMILES string of the molecule is O=C1c2c(O)cc(O)cc2O[C@](O)(c2ccc(O)c(O)c2)[C@H]1O. The number of carbonyl (C=O) groups excluding carboxylic acids is 1. The Kier molecular flexibility index (Phi) is 3.10. The van der Waals surface area contributed by atoms with E-state index in [1.54, 1.807) is 0 Å². The van der Waals surface area contributed by atoms with Crippen LogP contribution >= 0.6 is 0 Å². The number of carbonyl (C=O) groups is 1. The summed E-state index contributed by atoms with van der Waals surface area (Å²) in [6.07, 6.45) is -2.10. The van der Waals surface area contributed by atoms with E-state index in [1.807, 2.05) is 0 Å². The Hall–Kier alpha value is -2.97. The highest BCUT2D eigenvalue weighted by Crippen LogP contribution is 2.44. The molecule has 1 aliphatic rings. The van der Waals surface area contributed by atoms with Gasteiger partial charge in [-0.3, -0.25) is 4.79 Å². The molecule has 0 spiro atoms. The van der Waals surface area contributed by atoms with Gasteiger partial charge in [-0.05, 0) is 18.2 Å². The maximum atomic E-state index is 12.2. The van der Waals surface area contributed by atoms with E-state index in [2.05, 4.69) is 0 Å². The second kappa shape index (κ2) is 4.77. The maximum Gasteiger partial charge on any atom is 0.268 e. The molecule has 120 valence electrons. The molecule has 0 aromatic heterocycles. The predicted molar refractivity (Wildman–Crippen MR) is 74.4 cm³/mol. The van der Waals surface area contributed by atoms with Crippen LogP contribution in [0.4, 0.5) is 0 Å². The summed E-state index contributed by atoms with van der Waals surface area (Å²) in [5, 5.41) is 58.7. The first-order chi connectivity index (χ1) is 10.7. The van der Waals surface area contributed by atoms with Crippen LogP contribution in [0.5, 0.6) is 28.7 Å². The second-order valence-corrected chi connectivity index (χ2v) is 5.11. The molecule has 23 heavy (non-hydrogen) atoms. The number of ketones is 1. The molecule has 2 atom stereocenters. The third-order valence-corrected chi connectivity index (χ3v) is 3.59. The number of aromatic hydroxyl groups is 4. The topological polar surface area (TPSA) is 148 Å². The molecule has 0 amide bonds. The summed E-state index contributed by atoms with van der Waals surface area (Å²) in [6, 6.07) is 4.98. The van der Waals surface area contributed by atoms with Gasteiger partial charge in [0, 0.05) is 17.7 Å². The molecule has 0 fully saturated rings. The van der Waals surface area contributed by atoms with Gasteiger partial charge in [-0.1, -0.05) is 0 Å². The molecular weight excluding hydrogens is 308 g/mol. The van der Waals surface area contributed by atoms with Crippen LogP contribution in [0.25, 0.3) is 0 Å². The van der Waals surface area contributed by atoms with Crippen molar-refractivity contribution >= 4 is 5.78 Å². The third kappa shape index (κ3) is 2.12. The predicted octanol–water partition coefficient (Wildman–Crippen LogP) is 0.290. The first-order valence-electron chi connectivity index (χ1n) is 6.46. The Morgan fingerprint density at radius 2 is 1.65 bits per heavy atom. The zero-order chi connectivity index (χ0) is 16.9. The Bertz CT molecular complexity index is 815. The minimum absolute atomic E-state index is 0.206. The molecule has 3 rings (SSSR count). The van der Waals surface area contributed by atoms with Crippen molar-refractivity contribution in [1.82, 2.24) is 0 Å². The molecule has 0 unspecified atom stereocenters. The van der Waals surface area contributed by atoms with Crippen LogP contribution < -0.4 is 4.74 Å². The number of phenolic OH excluding ortho intramolecular Hbond substituents is 4. The third-order valence-electron chi connectivity index (χ3n) is 3.59. The van der Waals surface area contributed by atoms with Crippen molar-refractivity contribution in [2.24, 2.45) is 0 Å². The first-order valence-corrected chi connectivity index (χ1v) is 6.46. The van der Waals surface area contributed by atoms with Gasteiger partial charge >= 0.3 is 0 Å². The zero-order valence-electron chi connectivity index (χ0n) is 11.5. The second-order valence-electron chi connectivity index (χ2n) is 5.11. The fourth-order valence-corrected chi connectivity index (χ4v) is 2.42. The van der Waals surface area contributed by atoms with E-state index in [0.29, 0.717) is 0 Å². The molecule has 0 radical (unpaired) electrons. The van der Waals surface area contributed by atoms with Gasteiger partial charge in [-0.15, -0.1) is 0 Å². The smallest absolute Gasteiger partial charge is 0.268 e. The fraction of sp³-hybridized carbons (Fsp3) is 0.133. The molecule has 0 bridgehead atoms. The van der Waals surface area contributed by atoms with Gasteiger partial charge in [0.15, 0.2) is 17.6 Å². The average molecular weight is 320 g/mol. The maximum absolute atomic E-state index is 12.2. The van der Waals surface area contributed by atoms with Crippen LogP contribution in [0.2, 0.25) is 0 Å². The number of rotatable bonds is 1. The van der Waals surface area contributed by atoms with Crippen LogP contribution in [0.15, 0.2) is 30.3 Å². The van der Waals surface area contributed by atoms with Gasteiger partial charge in [0.2, 0.25) is 5.78 Å². The van der Waals surface area contributed by atoms with Crippen molar-refractivity contribution in [3.63, 3.8) is 0 Å². The molecule has 6 N–H and O–H groups in total. The van der Waals surface area contributed by atoms with E-state index in [9.17, 15) is 35.4 Å². The van der Waals surface area contributed by atoms with Crippen LogP contribution in [0, 0.1) is 0 Å². The lowest BCUT2D eigenvalue weighted by atomic mass is 9.89. The fourth-order valence-electron chi connectivity index (χ4n) is 2.42. The van der Waals surface area contributed by atoms with Crippen molar-refractivity contribution in [1.29, 1.82) is 0 Å². The molecule has 0 aliphatic carbocycles. The summed E-state index contributed by atoms with van der Waals surface area (Å²) in [5.41, 5.74) is -0.592. The number of fused-ring (bicyclic) bond motifs is 1. The van der Waals surface area contributed by atoms with Crippen molar-refractivity contribution in [3.05, 3.63) is 41.5 Å². The number of ether oxygens (including phenoxy) is 1. The van der Waals surface area contributed by atoms with Crippen LogP contribution in [-0.2, 0) is 5.79 Å². The summed E-state index contributed by atoms with van der Waals surface area (Å²) in [4.78, 5) is 12.2. The van der Waals surface area contributed by atoms with Gasteiger partial charge in [0.05, 0.1) is 0 Å². The van der Waals surface area contributed by atoms with E-state index in [1.165, 1.54) is 0 Å². The molecule has 0 saturated heterocycles. The molecule has 8 heteroatoms. The van der Waals surface area contributed by atoms with Crippen molar-refractivity contribution in [2.45, 2.75) is 11.9 Å². The molecule has 0 saturated carbocycles. The minimum atomic E-state index is -2.57. The number of phenols is 4. The molecule has 2 aromatic carbocycles. The monoisotopic (exact) mass is 320 g/mol. The minimum Gasteiger partial charge on any atom is -0.508 e. The normalized spacial score (nSPS) is 23.2. The number of aliphatic hydroxyl groups is 2. The first kappa shape index (κ1) is 14.9. The van der Waals surface area contributed by atoms with E-state index in [4.69, 9.17) is 4.74 Å². The van der Waals surface area contributed by atoms with Gasteiger partial charge in [0.1, 0.15) is 22.8 Å². The number of aliphatic hydroxyl groups excluding tert-OH is 1. The standard InChI is InChI=1S/C15H12O8/c16-7-4-10(19)12-11(5-7)23-15(22,14(21)13(12)20)6-1-2-8(17)9(18)3-6/h1-5,14,16-19,21-22H/t14-,15+/m0/s1. The van der Waals surface area contributed by atoms with Crippen LogP contribution in [0.1, 0.15) is 15.9 Å². The summed E-state index contributed by atoms with van der Waals surface area (Å²) in [6.45, 7) is 0. The molecule has 8 nitrogen and oxygen atoms in total. The Morgan fingerprint density at radius 1 is 0.957 bits per heavy atom. The lowest BCUT2D eigenvalue weighted by Gasteiger charge is -2.37. The Balaban J connectivity index is 2.17. The van der Waals surface area contributed by atoms with E-state index >= 15 is 0 Å². The molecular formula is C15H12O8. The van der Waals surface area contributed by atoms with E-state index in [0.717, 1.165) is 30.3 Å². The summed E-state index contributed by atoms with van der Waals surface area (Å²) in [7, 11) is 0. The molecule has 2 aromatic rings. The Morgan fingerprint density at radius 3 is 2.30 bits per heavy atom. The van der Waals surface area contributed by atoms with Crippen molar-refractivity contribution < 1.29 is 40.2 Å². The number of benzene rings is 2. The van der Waals surface area contributed by atoms with E-state index in [-0.39, 0.29) is 16.9 Å². The van der Waals surface area contributed by atoms with Gasteiger partial charge in [-0.25, -0.2) is 0 Å². The zero-order valence-corrected chi connectivity index (χ0v) is 11.5. The van der Waals surface area contributed by atoms with Crippen molar-refractivity contribution in [3.8, 4) is 28.7 Å². The van der Waals surface area contributed by atoms with Gasteiger partial charge in [0.25, 0.3) is 5.79 Å². The van der Waals surface area contributed by atoms with E-state index < -0.39 is 40.7 Å². The highest BCUT2D eigenvalue weighted by Gasteiger charge is 2.50. The van der Waals surface area contributed by atoms with Gasteiger partial charge < -0.3 is 35.4 Å². The summed E-state index contributed by atoms with van der Waals surface area (Å²) in [5.74, 6) is -6.03. The number of Topliss-reactive ketones (excluding diaryl/α,β-unsaturated/α-hetero) is 1. The largest absolute Gasteiger partial charge is 0.508 e. The highest BCUT2D eigenvalue weighted by molar-refractivity contribution is 6.06. The summed E-state index contributed by atoms with van der Waals surface area (Å²) < 4.78 is 5.22. The lowest BCUT2D eigenvalue weighted by Crippen LogP contribution is -2.52. The van der Waals surface area contributed by atoms with Gasteiger partial charge in [-0.2, -0.15) is 0 Å². The molecule has 1 aliphatic heterocycles. The van der Waals surface area contributed by atoms with Crippen molar-refractivity contribution in [2.75, 3.05) is 0 Å². The van der Waals surface area contributed by atoms with Crippen LogP contribution in [0.3, 0.4) is 0 Å². The molecule has 1 heterocycles. The quantitative estimate of drug-likeness (QED) is 0.411. The number of hydrogen-bond donors (Lipinski definition) is 6. The Labute approximate surface area is 129 Å². The average Bonchev–Trinajstić information content (AvgIpc) is 2.46. The van der Waals surface area contributed by atoms with Crippen LogP contribution in [-0.4, -0.2) is 42.5 Å². The number of hydrogen-bond acceptors (Lipinski definition) is 8.